The van der Waals surface area contributed by atoms with Crippen LogP contribution in [0.1, 0.15) is 78.0 Å². The Bertz CT molecular complexity index is 824. The Hall–Kier alpha value is -1.67. The third kappa shape index (κ3) is 7.95. The van der Waals surface area contributed by atoms with Crippen LogP contribution in [0.4, 0.5) is 23.7 Å². The van der Waals surface area contributed by atoms with Crippen molar-refractivity contribution in [1.29, 1.82) is 0 Å². The maximum atomic E-state index is 13.5. The number of carbonyl (C=O) groups is 1. The van der Waals surface area contributed by atoms with E-state index in [9.17, 15) is 18.0 Å². The molecule has 1 fully saturated rings. The van der Waals surface area contributed by atoms with E-state index in [-0.39, 0.29) is 34.7 Å². The van der Waals surface area contributed by atoms with Gasteiger partial charge in [-0.15, -0.1) is 0 Å². The summed E-state index contributed by atoms with van der Waals surface area (Å²) in [6.07, 6.45) is -4.19. The lowest BCUT2D eigenvalue weighted by Crippen LogP contribution is -2.40. The molecule has 0 aromatic heterocycles. The minimum Gasteiger partial charge on any atom is -0.431 e. The van der Waals surface area contributed by atoms with E-state index in [1.807, 2.05) is 20.8 Å². The van der Waals surface area contributed by atoms with Gasteiger partial charge in [0.1, 0.15) is 12.2 Å². The van der Waals surface area contributed by atoms with E-state index >= 15 is 0 Å². The van der Waals surface area contributed by atoms with Crippen LogP contribution in [-0.2, 0) is 15.7 Å². The molecule has 0 bridgehead atoms. The van der Waals surface area contributed by atoms with Gasteiger partial charge in [0.25, 0.3) is 0 Å². The van der Waals surface area contributed by atoms with E-state index in [0.29, 0.717) is 11.8 Å². The van der Waals surface area contributed by atoms with Gasteiger partial charge in [-0.25, -0.2) is 4.79 Å². The molecule has 2 rings (SSSR count). The fraction of sp³-hybridized carbons (Fsp3) is 0.708. The topological polar surface area (TPSA) is 73.6 Å². The highest BCUT2D eigenvalue weighted by molar-refractivity contribution is 6.33. The summed E-state index contributed by atoms with van der Waals surface area (Å²) < 4.78 is 51.7. The normalized spacial score (nSPS) is 22.8. The Kier molecular flexibility index (Phi) is 8.96. The molecule has 33 heavy (non-hydrogen) atoms. The van der Waals surface area contributed by atoms with Gasteiger partial charge in [0.2, 0.25) is 0 Å². The molecule has 1 aliphatic rings. The van der Waals surface area contributed by atoms with Crippen molar-refractivity contribution in [3.05, 3.63) is 28.3 Å². The van der Waals surface area contributed by atoms with E-state index < -0.39 is 29.7 Å². The highest BCUT2D eigenvalue weighted by atomic mass is 35.5. The van der Waals surface area contributed by atoms with Crippen LogP contribution in [0.3, 0.4) is 0 Å². The number of nitrogen functional groups attached to an aromatic ring is 1. The molecule has 0 amide bonds. The van der Waals surface area contributed by atoms with Crippen molar-refractivity contribution in [2.24, 2.45) is 17.8 Å². The van der Waals surface area contributed by atoms with Crippen LogP contribution in [0.15, 0.2) is 12.1 Å². The molecular formula is C24H36ClF3N2O3. The summed E-state index contributed by atoms with van der Waals surface area (Å²) in [5, 5.41) is 2.92. The molecular weight excluding hydrogens is 457 g/mol. The van der Waals surface area contributed by atoms with E-state index in [0.717, 1.165) is 25.3 Å². The zero-order chi connectivity index (χ0) is 25.1. The number of nitrogens with one attached hydrogen (secondary N) is 1. The SMILES string of the molecule is CC1CCC(C(C)C)C(OC(=O)OC(CNC(C)(C)C)c2cc(Cl)c(N)c(C(F)(F)F)c2)C1. The average Bonchev–Trinajstić information content (AvgIpc) is 2.65. The summed E-state index contributed by atoms with van der Waals surface area (Å²) >= 11 is 6.00. The zero-order valence-electron chi connectivity index (χ0n) is 20.2. The summed E-state index contributed by atoms with van der Waals surface area (Å²) in [5.74, 6) is 0.961. The van der Waals surface area contributed by atoms with Crippen molar-refractivity contribution in [3.63, 3.8) is 0 Å². The van der Waals surface area contributed by atoms with Crippen LogP contribution in [0.2, 0.25) is 5.02 Å². The van der Waals surface area contributed by atoms with Gasteiger partial charge in [-0.1, -0.05) is 38.8 Å². The molecule has 0 aliphatic heterocycles. The van der Waals surface area contributed by atoms with Gasteiger partial charge < -0.3 is 20.5 Å². The molecule has 1 aliphatic carbocycles. The number of benzene rings is 1. The Labute approximate surface area is 199 Å². The number of carbonyl (C=O) groups excluding carboxylic acids is 1. The second-order valence-electron chi connectivity index (χ2n) is 10.4. The quantitative estimate of drug-likeness (QED) is 0.331. The third-order valence-electron chi connectivity index (χ3n) is 6.09. The summed E-state index contributed by atoms with van der Waals surface area (Å²) in [6.45, 7) is 12.1. The third-order valence-corrected chi connectivity index (χ3v) is 6.41. The molecule has 3 N–H and O–H groups in total. The van der Waals surface area contributed by atoms with Gasteiger partial charge in [-0.05, 0) is 69.1 Å². The summed E-state index contributed by atoms with van der Waals surface area (Å²) in [7, 11) is 0. The Morgan fingerprint density at radius 1 is 1.24 bits per heavy atom. The minimum absolute atomic E-state index is 0.0742. The van der Waals surface area contributed by atoms with E-state index in [4.69, 9.17) is 26.8 Å². The van der Waals surface area contributed by atoms with Crippen LogP contribution in [-0.4, -0.2) is 24.3 Å². The van der Waals surface area contributed by atoms with Gasteiger partial charge in [0.15, 0.2) is 0 Å². The molecule has 188 valence electrons. The smallest absolute Gasteiger partial charge is 0.431 e. The van der Waals surface area contributed by atoms with Gasteiger partial charge in [0, 0.05) is 12.1 Å². The molecule has 9 heteroatoms. The molecule has 5 nitrogen and oxygen atoms in total. The number of nitrogens with two attached hydrogens (primary N) is 1. The number of hydrogen-bond donors (Lipinski definition) is 2. The molecule has 1 aromatic rings. The van der Waals surface area contributed by atoms with E-state index in [1.54, 1.807) is 0 Å². The van der Waals surface area contributed by atoms with Gasteiger partial charge in [-0.2, -0.15) is 13.2 Å². The number of anilines is 1. The fourth-order valence-corrected chi connectivity index (χ4v) is 4.43. The standard InChI is InChI=1S/C24H36ClF3N2O3/c1-13(2)16-8-7-14(3)9-19(16)32-22(31)33-20(12-30-23(4,5)6)15-10-17(24(26,27)28)21(29)18(25)11-15/h10-11,13-14,16,19-20,30H,7-9,12,29H2,1-6H3. The predicted octanol–water partition coefficient (Wildman–Crippen LogP) is 6.98. The molecule has 0 heterocycles. The lowest BCUT2D eigenvalue weighted by molar-refractivity contribution is -0.137. The molecule has 4 unspecified atom stereocenters. The lowest BCUT2D eigenvalue weighted by atomic mass is 9.75. The van der Waals surface area contributed by atoms with Crippen molar-refractivity contribution in [2.75, 3.05) is 12.3 Å². The lowest BCUT2D eigenvalue weighted by Gasteiger charge is -2.36. The Balaban J connectivity index is 2.29. The van der Waals surface area contributed by atoms with Crippen molar-refractivity contribution in [3.8, 4) is 0 Å². The minimum atomic E-state index is -4.70. The molecule has 1 aromatic carbocycles. The first kappa shape index (κ1) is 27.6. The number of halogens is 4. The van der Waals surface area contributed by atoms with E-state index in [2.05, 4.69) is 26.1 Å². The Morgan fingerprint density at radius 2 is 1.88 bits per heavy atom. The molecule has 0 radical (unpaired) electrons. The molecule has 1 saturated carbocycles. The number of rotatable bonds is 6. The first-order valence-corrected chi connectivity index (χ1v) is 11.7. The van der Waals surface area contributed by atoms with Crippen molar-refractivity contribution in [2.45, 2.75) is 84.7 Å². The molecule has 0 spiro atoms. The van der Waals surface area contributed by atoms with Crippen LogP contribution in [0.25, 0.3) is 0 Å². The van der Waals surface area contributed by atoms with Crippen LogP contribution < -0.4 is 11.1 Å². The first-order valence-electron chi connectivity index (χ1n) is 11.4. The number of alkyl halides is 3. The van der Waals surface area contributed by atoms with Gasteiger partial charge in [0.05, 0.1) is 16.3 Å². The second kappa shape index (κ2) is 10.7. The van der Waals surface area contributed by atoms with Crippen molar-refractivity contribution in [1.82, 2.24) is 5.32 Å². The highest BCUT2D eigenvalue weighted by Gasteiger charge is 2.37. The summed E-state index contributed by atoms with van der Waals surface area (Å²) in [5.41, 5.74) is 3.66. The predicted molar refractivity (Wildman–Crippen MR) is 124 cm³/mol. The largest absolute Gasteiger partial charge is 0.509 e. The van der Waals surface area contributed by atoms with Crippen molar-refractivity contribution < 1.29 is 27.4 Å². The average molecular weight is 493 g/mol. The van der Waals surface area contributed by atoms with Crippen LogP contribution in [0, 0.1) is 17.8 Å². The monoisotopic (exact) mass is 492 g/mol. The van der Waals surface area contributed by atoms with E-state index in [1.165, 1.54) is 6.07 Å². The zero-order valence-corrected chi connectivity index (χ0v) is 20.9. The van der Waals surface area contributed by atoms with Crippen molar-refractivity contribution >= 4 is 23.4 Å². The van der Waals surface area contributed by atoms with Gasteiger partial charge >= 0.3 is 12.3 Å². The first-order chi connectivity index (χ1) is 15.1. The van der Waals surface area contributed by atoms with Gasteiger partial charge in [-0.3, -0.25) is 0 Å². The molecule has 0 saturated heterocycles. The summed E-state index contributed by atoms with van der Waals surface area (Å²) in [4.78, 5) is 12.8. The maximum absolute atomic E-state index is 13.5. The highest BCUT2D eigenvalue weighted by Crippen LogP contribution is 2.40. The maximum Gasteiger partial charge on any atom is 0.509 e. The number of hydrogen-bond acceptors (Lipinski definition) is 5. The fourth-order valence-electron chi connectivity index (χ4n) is 4.20. The van der Waals surface area contributed by atoms with Crippen LogP contribution >= 0.6 is 11.6 Å². The Morgan fingerprint density at radius 3 is 2.42 bits per heavy atom. The molecule has 4 atom stereocenters. The van der Waals surface area contributed by atoms with Crippen LogP contribution in [0.5, 0.6) is 0 Å². The summed E-state index contributed by atoms with van der Waals surface area (Å²) in [6, 6.07) is 2.18. The second-order valence-corrected chi connectivity index (χ2v) is 10.8. The number of ether oxygens (including phenoxy) is 2.